The largest absolute Gasteiger partial charge is 0.364 e. The highest BCUT2D eigenvalue weighted by Gasteiger charge is 2.34. The van der Waals surface area contributed by atoms with Gasteiger partial charge >= 0.3 is 5.69 Å². The molecule has 0 unspecified atom stereocenters. The van der Waals surface area contributed by atoms with E-state index in [-0.39, 0.29) is 16.0 Å². The van der Waals surface area contributed by atoms with Gasteiger partial charge in [0, 0.05) is 23.3 Å². The summed E-state index contributed by atoms with van der Waals surface area (Å²) in [5.41, 5.74) is 0.290. The molecule has 0 saturated heterocycles. The fraction of sp³-hybridized carbons (Fsp3) is 0.667. The molecule has 6 heteroatoms. The second kappa shape index (κ2) is 6.73. The third kappa shape index (κ3) is 4.15. The maximum Gasteiger partial charge on any atom is 0.312 e. The van der Waals surface area contributed by atoms with Gasteiger partial charge < -0.3 is 5.32 Å². The number of aromatic nitrogens is 1. The van der Waals surface area contributed by atoms with E-state index in [4.69, 9.17) is 0 Å². The van der Waals surface area contributed by atoms with E-state index in [1.54, 1.807) is 6.20 Å². The maximum atomic E-state index is 11.1. The number of halogens is 1. The number of pyridine rings is 1. The zero-order valence-electron chi connectivity index (χ0n) is 12.6. The van der Waals surface area contributed by atoms with Gasteiger partial charge in [0.05, 0.1) is 4.92 Å². The van der Waals surface area contributed by atoms with Crippen molar-refractivity contribution in [3.8, 4) is 0 Å². The van der Waals surface area contributed by atoms with Crippen molar-refractivity contribution in [2.24, 2.45) is 11.3 Å². The topological polar surface area (TPSA) is 68.1 Å². The maximum absolute atomic E-state index is 11.1. The van der Waals surface area contributed by atoms with Gasteiger partial charge in [-0.15, -0.1) is 0 Å². The molecule has 1 aliphatic carbocycles. The molecular formula is C15H22BrN3O2. The van der Waals surface area contributed by atoms with Gasteiger partial charge in [0.25, 0.3) is 0 Å². The van der Waals surface area contributed by atoms with Gasteiger partial charge in [-0.25, -0.2) is 4.98 Å². The fourth-order valence-corrected chi connectivity index (χ4v) is 3.74. The van der Waals surface area contributed by atoms with E-state index >= 15 is 0 Å². The summed E-state index contributed by atoms with van der Waals surface area (Å²) in [5.74, 6) is 1.01. The lowest BCUT2D eigenvalue weighted by atomic mass is 9.78. The van der Waals surface area contributed by atoms with E-state index in [0.717, 1.165) is 13.0 Å². The smallest absolute Gasteiger partial charge is 0.312 e. The summed E-state index contributed by atoms with van der Waals surface area (Å²) in [6.07, 6.45) is 7.66. The second-order valence-corrected chi connectivity index (χ2v) is 7.35. The van der Waals surface area contributed by atoms with Gasteiger partial charge in [-0.1, -0.05) is 26.7 Å². The van der Waals surface area contributed by atoms with Crippen LogP contribution in [0.15, 0.2) is 16.7 Å². The molecule has 0 spiro atoms. The van der Waals surface area contributed by atoms with Gasteiger partial charge in [0.2, 0.25) is 5.82 Å². The quantitative estimate of drug-likeness (QED) is 0.589. The monoisotopic (exact) mass is 355 g/mol. The van der Waals surface area contributed by atoms with Crippen LogP contribution < -0.4 is 5.32 Å². The van der Waals surface area contributed by atoms with Crippen LogP contribution in [0.1, 0.15) is 46.0 Å². The summed E-state index contributed by atoms with van der Waals surface area (Å²) in [7, 11) is 0. The third-order valence-corrected chi connectivity index (χ3v) is 4.60. The highest BCUT2D eigenvalue weighted by atomic mass is 79.9. The van der Waals surface area contributed by atoms with Crippen molar-refractivity contribution < 1.29 is 4.92 Å². The van der Waals surface area contributed by atoms with Crippen LogP contribution in [0, 0.1) is 21.4 Å². The van der Waals surface area contributed by atoms with Crippen LogP contribution >= 0.6 is 15.9 Å². The van der Waals surface area contributed by atoms with Crippen molar-refractivity contribution in [3.63, 3.8) is 0 Å². The number of anilines is 1. The molecule has 1 heterocycles. The Morgan fingerprint density at radius 1 is 1.48 bits per heavy atom. The lowest BCUT2D eigenvalue weighted by molar-refractivity contribution is -0.384. The molecule has 1 N–H and O–H groups in total. The molecule has 116 valence electrons. The molecule has 0 aromatic carbocycles. The van der Waals surface area contributed by atoms with Gasteiger partial charge in [-0.05, 0) is 46.5 Å². The highest BCUT2D eigenvalue weighted by Crippen LogP contribution is 2.43. The Hall–Kier alpha value is -1.17. The Kier molecular flexibility index (Phi) is 5.19. The molecule has 0 bridgehead atoms. The first-order valence-corrected chi connectivity index (χ1v) is 8.25. The van der Waals surface area contributed by atoms with Crippen LogP contribution in [0.5, 0.6) is 0 Å². The first-order chi connectivity index (χ1) is 9.92. The van der Waals surface area contributed by atoms with Gasteiger partial charge in [0.15, 0.2) is 0 Å². The van der Waals surface area contributed by atoms with Gasteiger partial charge in [-0.3, -0.25) is 10.1 Å². The van der Waals surface area contributed by atoms with Crippen LogP contribution in [0.4, 0.5) is 11.5 Å². The molecule has 0 atom stereocenters. The molecule has 0 amide bonds. The van der Waals surface area contributed by atoms with Crippen molar-refractivity contribution in [2.75, 3.05) is 11.9 Å². The summed E-state index contributed by atoms with van der Waals surface area (Å²) in [6.45, 7) is 5.24. The van der Waals surface area contributed by atoms with Gasteiger partial charge in [-0.2, -0.15) is 0 Å². The number of nitrogens with zero attached hydrogens (tertiary/aromatic N) is 2. The van der Waals surface area contributed by atoms with E-state index in [2.05, 4.69) is 40.1 Å². The molecule has 1 aliphatic rings. The summed E-state index contributed by atoms with van der Waals surface area (Å²) in [6, 6.07) is 1.50. The van der Waals surface area contributed by atoms with E-state index in [0.29, 0.717) is 16.2 Å². The molecule has 2 rings (SSSR count). The minimum Gasteiger partial charge on any atom is -0.364 e. The van der Waals surface area contributed by atoms with E-state index < -0.39 is 0 Å². The number of hydrogen-bond donors (Lipinski definition) is 1. The summed E-state index contributed by atoms with van der Waals surface area (Å²) < 4.78 is 0.623. The first kappa shape index (κ1) is 16.2. The number of rotatable bonds is 6. The molecule has 21 heavy (non-hydrogen) atoms. The number of nitro groups is 1. The van der Waals surface area contributed by atoms with E-state index in [9.17, 15) is 10.1 Å². The Morgan fingerprint density at radius 3 is 2.71 bits per heavy atom. The second-order valence-electron chi connectivity index (χ2n) is 6.44. The third-order valence-electron chi connectivity index (χ3n) is 4.17. The average molecular weight is 356 g/mol. The molecule has 1 saturated carbocycles. The normalized spacial score (nSPS) is 17.1. The van der Waals surface area contributed by atoms with Crippen LogP contribution in [0.3, 0.4) is 0 Å². The fourth-order valence-electron chi connectivity index (χ4n) is 3.42. The van der Waals surface area contributed by atoms with Crippen LogP contribution in [0.2, 0.25) is 0 Å². The molecule has 5 nitrogen and oxygen atoms in total. The van der Waals surface area contributed by atoms with Crippen molar-refractivity contribution >= 4 is 27.4 Å². The summed E-state index contributed by atoms with van der Waals surface area (Å²) in [4.78, 5) is 14.9. The lowest BCUT2D eigenvalue weighted by Gasteiger charge is -2.31. The average Bonchev–Trinajstić information content (AvgIpc) is 2.85. The SMILES string of the molecule is CC(C)CC1(CNc2ncc(Br)cc2[N+](=O)[O-])CCCC1. The predicted octanol–water partition coefficient (Wildman–Crippen LogP) is 4.77. The van der Waals surface area contributed by atoms with Crippen LogP contribution in [-0.2, 0) is 0 Å². The Morgan fingerprint density at radius 2 is 2.14 bits per heavy atom. The predicted molar refractivity (Wildman–Crippen MR) is 87.4 cm³/mol. The molecule has 0 aliphatic heterocycles. The summed E-state index contributed by atoms with van der Waals surface area (Å²) in [5, 5.41) is 14.4. The highest BCUT2D eigenvalue weighted by molar-refractivity contribution is 9.10. The minimum atomic E-state index is -0.385. The van der Waals surface area contributed by atoms with E-state index in [1.807, 2.05) is 0 Å². The molecule has 1 aromatic heterocycles. The van der Waals surface area contributed by atoms with Crippen molar-refractivity contribution in [1.29, 1.82) is 0 Å². The lowest BCUT2D eigenvalue weighted by Crippen LogP contribution is -2.29. The Bertz CT molecular complexity index is 514. The number of nitrogens with one attached hydrogen (secondary N) is 1. The molecule has 0 radical (unpaired) electrons. The zero-order valence-corrected chi connectivity index (χ0v) is 14.1. The van der Waals surface area contributed by atoms with E-state index in [1.165, 1.54) is 31.7 Å². The molecular weight excluding hydrogens is 334 g/mol. The minimum absolute atomic E-state index is 0.0297. The van der Waals surface area contributed by atoms with Gasteiger partial charge in [0.1, 0.15) is 0 Å². The van der Waals surface area contributed by atoms with Crippen LogP contribution in [-0.4, -0.2) is 16.5 Å². The first-order valence-electron chi connectivity index (χ1n) is 7.46. The van der Waals surface area contributed by atoms with Crippen molar-refractivity contribution in [3.05, 3.63) is 26.9 Å². The Balaban J connectivity index is 2.12. The van der Waals surface area contributed by atoms with Crippen molar-refractivity contribution in [2.45, 2.75) is 46.0 Å². The van der Waals surface area contributed by atoms with Crippen LogP contribution in [0.25, 0.3) is 0 Å². The standard InChI is InChI=1S/C15H22BrN3O2/c1-11(2)8-15(5-3-4-6-15)10-18-14-13(19(20)21)7-12(16)9-17-14/h7,9,11H,3-6,8,10H2,1-2H3,(H,17,18). The number of hydrogen-bond acceptors (Lipinski definition) is 4. The summed E-state index contributed by atoms with van der Waals surface area (Å²) >= 11 is 3.23. The zero-order chi connectivity index (χ0) is 15.5. The molecule has 1 aromatic rings. The molecule has 1 fully saturated rings. The van der Waals surface area contributed by atoms with Crippen molar-refractivity contribution in [1.82, 2.24) is 4.98 Å². The Labute approximate surface area is 133 Å².